The summed E-state index contributed by atoms with van der Waals surface area (Å²) in [5, 5.41) is 11.5. The monoisotopic (exact) mass is 309 g/mol. The molecular weight excluding hydrogens is 270 g/mol. The first-order valence-electron chi connectivity index (χ1n) is 10.1. The first-order valence-corrected chi connectivity index (χ1v) is 10.1. The van der Waals surface area contributed by atoms with Crippen LogP contribution in [-0.2, 0) is 0 Å². The lowest BCUT2D eigenvalue weighted by Crippen LogP contribution is -2.56. The van der Waals surface area contributed by atoms with Crippen molar-refractivity contribution in [2.45, 2.75) is 96.5 Å². The molecule has 2 heteroatoms. The van der Waals surface area contributed by atoms with Crippen LogP contribution < -0.4 is 0 Å². The Morgan fingerprint density at radius 2 is 1.41 bits per heavy atom. The second kappa shape index (κ2) is 9.27. The fourth-order valence-electron chi connectivity index (χ4n) is 4.79. The molecule has 3 fully saturated rings. The number of hydrogen-bond donors (Lipinski definition) is 1. The summed E-state index contributed by atoms with van der Waals surface area (Å²) in [6.45, 7) is 8.27. The van der Waals surface area contributed by atoms with Crippen LogP contribution in [0, 0.1) is 11.8 Å². The average Bonchev–Trinajstić information content (AvgIpc) is 2.57. The van der Waals surface area contributed by atoms with E-state index >= 15 is 0 Å². The molecule has 3 heterocycles. The second-order valence-corrected chi connectivity index (χ2v) is 7.97. The molecule has 0 aromatic carbocycles. The van der Waals surface area contributed by atoms with Crippen LogP contribution in [0.1, 0.15) is 90.9 Å². The quantitative estimate of drug-likeness (QED) is 0.543. The van der Waals surface area contributed by atoms with Gasteiger partial charge in [0, 0.05) is 12.5 Å². The molecule has 0 radical (unpaired) electrons. The standard InChI is InChI=1S/C20H39NO/c1-3-5-7-9-13-20(22,14-10-8-6-4-2)19-17-21-15-11-18(19)12-16-21/h18-19,22H,3-17H2,1-2H3. The molecule has 130 valence electrons. The lowest BCUT2D eigenvalue weighted by atomic mass is 9.67. The minimum absolute atomic E-state index is 0.370. The Labute approximate surface area is 138 Å². The Balaban J connectivity index is 1.90. The Morgan fingerprint density at radius 3 is 1.82 bits per heavy atom. The molecule has 1 atom stereocenters. The van der Waals surface area contributed by atoms with Crippen LogP contribution in [0.15, 0.2) is 0 Å². The SMILES string of the molecule is CCCCCCC(O)(CCCCCC)C1CN2CCC1CC2. The number of piperidine rings is 3. The summed E-state index contributed by atoms with van der Waals surface area (Å²) in [5.41, 5.74) is -0.370. The predicted molar refractivity (Wildman–Crippen MR) is 95.1 cm³/mol. The normalized spacial score (nSPS) is 28.2. The third kappa shape index (κ3) is 4.96. The van der Waals surface area contributed by atoms with Gasteiger partial charge in [0.1, 0.15) is 0 Å². The Morgan fingerprint density at radius 1 is 0.864 bits per heavy atom. The molecule has 0 aromatic heterocycles. The predicted octanol–water partition coefficient (Wildman–Crippen LogP) is 5.00. The van der Waals surface area contributed by atoms with E-state index in [-0.39, 0.29) is 5.60 Å². The Hall–Kier alpha value is -0.0800. The van der Waals surface area contributed by atoms with Gasteiger partial charge >= 0.3 is 0 Å². The molecule has 0 spiro atoms. The molecule has 2 bridgehead atoms. The van der Waals surface area contributed by atoms with Gasteiger partial charge in [-0.05, 0) is 44.7 Å². The van der Waals surface area contributed by atoms with E-state index in [0.717, 1.165) is 18.8 Å². The molecular formula is C20H39NO. The lowest BCUT2D eigenvalue weighted by molar-refractivity contribution is -0.107. The minimum Gasteiger partial charge on any atom is -0.390 e. The topological polar surface area (TPSA) is 23.5 Å². The first-order chi connectivity index (χ1) is 10.7. The number of hydrogen-bond acceptors (Lipinski definition) is 2. The van der Waals surface area contributed by atoms with Crippen LogP contribution in [0.5, 0.6) is 0 Å². The second-order valence-electron chi connectivity index (χ2n) is 7.97. The molecule has 1 N–H and O–H groups in total. The fraction of sp³-hybridized carbons (Fsp3) is 1.00. The van der Waals surface area contributed by atoms with Crippen LogP contribution in [0.2, 0.25) is 0 Å². The molecule has 1 unspecified atom stereocenters. The highest BCUT2D eigenvalue weighted by molar-refractivity contribution is 4.97. The number of rotatable bonds is 11. The molecule has 3 aliphatic heterocycles. The van der Waals surface area contributed by atoms with Gasteiger partial charge in [-0.2, -0.15) is 0 Å². The van der Waals surface area contributed by atoms with E-state index in [1.54, 1.807) is 0 Å². The van der Waals surface area contributed by atoms with Crippen LogP contribution in [0.25, 0.3) is 0 Å². The van der Waals surface area contributed by atoms with Crippen molar-refractivity contribution in [1.29, 1.82) is 0 Å². The van der Waals surface area contributed by atoms with Crippen LogP contribution in [0.4, 0.5) is 0 Å². The average molecular weight is 310 g/mol. The number of unbranched alkanes of at least 4 members (excludes halogenated alkanes) is 6. The zero-order valence-electron chi connectivity index (χ0n) is 15.2. The summed E-state index contributed by atoms with van der Waals surface area (Å²) in [6.07, 6.45) is 15.0. The van der Waals surface area contributed by atoms with Gasteiger partial charge < -0.3 is 10.0 Å². The Bertz CT molecular complexity index is 284. The van der Waals surface area contributed by atoms with Gasteiger partial charge in [-0.15, -0.1) is 0 Å². The van der Waals surface area contributed by atoms with Gasteiger partial charge in [-0.25, -0.2) is 0 Å². The third-order valence-electron chi connectivity index (χ3n) is 6.27. The van der Waals surface area contributed by atoms with E-state index in [1.165, 1.54) is 83.8 Å². The van der Waals surface area contributed by atoms with Gasteiger partial charge in [-0.3, -0.25) is 0 Å². The van der Waals surface area contributed by atoms with Gasteiger partial charge in [-0.1, -0.05) is 65.2 Å². The van der Waals surface area contributed by atoms with E-state index in [1.807, 2.05) is 0 Å². The molecule has 3 aliphatic rings. The van der Waals surface area contributed by atoms with Crippen molar-refractivity contribution in [3.8, 4) is 0 Å². The fourth-order valence-corrected chi connectivity index (χ4v) is 4.79. The summed E-state index contributed by atoms with van der Waals surface area (Å²) >= 11 is 0. The Kier molecular flexibility index (Phi) is 7.70. The summed E-state index contributed by atoms with van der Waals surface area (Å²) in [6, 6.07) is 0. The zero-order chi connectivity index (χ0) is 15.8. The zero-order valence-corrected chi connectivity index (χ0v) is 15.2. The first kappa shape index (κ1) is 18.3. The van der Waals surface area contributed by atoms with E-state index in [9.17, 15) is 5.11 Å². The number of aliphatic hydroxyl groups is 1. The summed E-state index contributed by atoms with van der Waals surface area (Å²) in [5.74, 6) is 1.35. The minimum atomic E-state index is -0.370. The molecule has 22 heavy (non-hydrogen) atoms. The van der Waals surface area contributed by atoms with Crippen molar-refractivity contribution in [1.82, 2.24) is 4.90 Å². The highest BCUT2D eigenvalue weighted by Crippen LogP contribution is 2.43. The molecule has 0 aromatic rings. The van der Waals surface area contributed by atoms with E-state index in [0.29, 0.717) is 5.92 Å². The molecule has 3 rings (SSSR count). The molecule has 0 amide bonds. The highest BCUT2D eigenvalue weighted by Gasteiger charge is 2.45. The molecule has 2 nitrogen and oxygen atoms in total. The summed E-state index contributed by atoms with van der Waals surface area (Å²) < 4.78 is 0. The van der Waals surface area contributed by atoms with Crippen molar-refractivity contribution in [3.63, 3.8) is 0 Å². The molecule has 3 saturated heterocycles. The van der Waals surface area contributed by atoms with Crippen LogP contribution >= 0.6 is 0 Å². The molecule has 0 saturated carbocycles. The summed E-state index contributed by atoms with van der Waals surface area (Å²) in [4.78, 5) is 2.60. The largest absolute Gasteiger partial charge is 0.390 e. The van der Waals surface area contributed by atoms with E-state index < -0.39 is 0 Å². The van der Waals surface area contributed by atoms with Crippen LogP contribution in [-0.4, -0.2) is 35.2 Å². The van der Waals surface area contributed by atoms with Crippen molar-refractivity contribution >= 4 is 0 Å². The third-order valence-corrected chi connectivity index (χ3v) is 6.27. The van der Waals surface area contributed by atoms with Crippen molar-refractivity contribution in [2.75, 3.05) is 19.6 Å². The van der Waals surface area contributed by atoms with Gasteiger partial charge in [0.25, 0.3) is 0 Å². The van der Waals surface area contributed by atoms with E-state index in [2.05, 4.69) is 18.7 Å². The van der Waals surface area contributed by atoms with Crippen molar-refractivity contribution in [2.24, 2.45) is 11.8 Å². The van der Waals surface area contributed by atoms with Crippen LogP contribution in [0.3, 0.4) is 0 Å². The number of fused-ring (bicyclic) bond motifs is 3. The number of nitrogens with zero attached hydrogens (tertiary/aromatic N) is 1. The van der Waals surface area contributed by atoms with Crippen molar-refractivity contribution < 1.29 is 5.11 Å². The maximum Gasteiger partial charge on any atom is 0.0690 e. The van der Waals surface area contributed by atoms with Gasteiger partial charge in [0.05, 0.1) is 5.60 Å². The maximum atomic E-state index is 11.5. The lowest BCUT2D eigenvalue weighted by Gasteiger charge is -2.51. The van der Waals surface area contributed by atoms with Gasteiger partial charge in [0.2, 0.25) is 0 Å². The molecule has 0 aliphatic carbocycles. The highest BCUT2D eigenvalue weighted by atomic mass is 16.3. The van der Waals surface area contributed by atoms with E-state index in [4.69, 9.17) is 0 Å². The van der Waals surface area contributed by atoms with Crippen molar-refractivity contribution in [3.05, 3.63) is 0 Å². The maximum absolute atomic E-state index is 11.5. The van der Waals surface area contributed by atoms with Gasteiger partial charge in [0.15, 0.2) is 0 Å². The smallest absolute Gasteiger partial charge is 0.0690 e. The summed E-state index contributed by atoms with van der Waals surface area (Å²) in [7, 11) is 0.